The van der Waals surface area contributed by atoms with Gasteiger partial charge in [-0.05, 0) is 48.6 Å². The molecule has 1 heterocycles. The molecule has 1 aliphatic rings. The van der Waals surface area contributed by atoms with Crippen molar-refractivity contribution in [2.45, 2.75) is 94.6 Å². The normalized spacial score (nSPS) is 18.7. The molecule has 0 bridgehead atoms. The predicted octanol–water partition coefficient (Wildman–Crippen LogP) is 7.74. The van der Waals surface area contributed by atoms with Crippen molar-refractivity contribution in [2.75, 3.05) is 19.7 Å². The number of hydrogen-bond donors (Lipinski definition) is 5. The van der Waals surface area contributed by atoms with Crippen LogP contribution in [0, 0.1) is 5.41 Å². The number of ether oxygens (including phenoxy) is 1. The van der Waals surface area contributed by atoms with Crippen LogP contribution < -0.4 is 15.4 Å². The third kappa shape index (κ3) is 9.13. The molecule has 0 aliphatic carbocycles. The second-order valence-electron chi connectivity index (χ2n) is 11.3. The Balaban J connectivity index is 1.32. The summed E-state index contributed by atoms with van der Waals surface area (Å²) in [7, 11) is 0. The van der Waals surface area contributed by atoms with Crippen LogP contribution in [0.25, 0.3) is 0 Å². The molecular weight excluding hydrogens is 557 g/mol. The van der Waals surface area contributed by atoms with Gasteiger partial charge in [0.15, 0.2) is 5.96 Å². The highest BCUT2D eigenvalue weighted by Gasteiger charge is 2.56. The summed E-state index contributed by atoms with van der Waals surface area (Å²) < 4.78 is 68.4. The van der Waals surface area contributed by atoms with Crippen molar-refractivity contribution in [3.63, 3.8) is 0 Å². The van der Waals surface area contributed by atoms with E-state index in [2.05, 4.69) is 17.6 Å². The Bertz CT molecular complexity index is 1140. The number of halogens is 5. The lowest BCUT2D eigenvalue weighted by molar-refractivity contribution is -0.284. The van der Waals surface area contributed by atoms with E-state index < -0.39 is 24.9 Å². The minimum atomic E-state index is -5.54. The molecule has 0 amide bonds. The number of benzene rings is 2. The molecule has 11 heteroatoms. The van der Waals surface area contributed by atoms with Gasteiger partial charge in [-0.3, -0.25) is 5.41 Å². The highest BCUT2D eigenvalue weighted by molar-refractivity contribution is 5.76. The van der Waals surface area contributed by atoms with Crippen molar-refractivity contribution in [1.82, 2.24) is 10.6 Å². The van der Waals surface area contributed by atoms with Crippen molar-refractivity contribution < 1.29 is 36.9 Å². The Morgan fingerprint density at radius 1 is 0.857 bits per heavy atom. The lowest BCUT2D eigenvalue weighted by Crippen LogP contribution is -2.40. The molecule has 1 aliphatic heterocycles. The minimum Gasteiger partial charge on any atom is -0.508 e. The molecular formula is C31H42F5N3O3. The number of nitrogens with one attached hydrogen (secondary N) is 3. The number of phenolic OH excluding ortho intramolecular Hbond substituents is 2. The summed E-state index contributed by atoms with van der Waals surface area (Å²) in [6, 6.07) is 12.6. The van der Waals surface area contributed by atoms with Gasteiger partial charge in [0.25, 0.3) is 0 Å². The van der Waals surface area contributed by atoms with Gasteiger partial charge in [0.1, 0.15) is 17.2 Å². The summed E-state index contributed by atoms with van der Waals surface area (Å²) in [5.41, 5.74) is 1.91. The van der Waals surface area contributed by atoms with Crippen LogP contribution in [0.4, 0.5) is 22.0 Å². The third-order valence-corrected chi connectivity index (χ3v) is 8.05. The van der Waals surface area contributed by atoms with E-state index in [1.54, 1.807) is 24.3 Å². The van der Waals surface area contributed by atoms with E-state index in [9.17, 15) is 32.2 Å². The van der Waals surface area contributed by atoms with E-state index in [-0.39, 0.29) is 35.3 Å². The van der Waals surface area contributed by atoms with E-state index in [0.29, 0.717) is 13.2 Å². The van der Waals surface area contributed by atoms with E-state index in [4.69, 9.17) is 10.1 Å². The number of unbranched alkanes of at least 4 members (excludes halogenated alkanes) is 6. The molecule has 0 radical (unpaired) electrons. The standard InChI is InChI=1S/C31H42F5N3O3/c1-29(22-11-13-23(40)14-12-22)21-42-27-20-24(41)15-16-25(27)26(29)10-7-5-3-2-4-6-8-18-38-28(37)39-19-9-17-30(32,33)31(34,35)36/h11-16,20,26,40-41H,2-10,17-19,21H2,1H3,(H3,37,38,39). The molecule has 0 aromatic heterocycles. The Hall–Kier alpha value is -3.24. The second kappa shape index (κ2) is 14.8. The molecule has 0 saturated carbocycles. The molecule has 234 valence electrons. The molecule has 6 nitrogen and oxygen atoms in total. The summed E-state index contributed by atoms with van der Waals surface area (Å²) in [5.74, 6) is -3.47. The average molecular weight is 600 g/mol. The van der Waals surface area contributed by atoms with Gasteiger partial charge in [0, 0.05) is 36.9 Å². The molecule has 3 rings (SSSR count). The Morgan fingerprint density at radius 2 is 1.43 bits per heavy atom. The molecule has 2 unspecified atom stereocenters. The molecule has 2 atom stereocenters. The summed E-state index contributed by atoms with van der Waals surface area (Å²) in [6.07, 6.45) is 0.849. The lowest BCUT2D eigenvalue weighted by atomic mass is 9.66. The first-order valence-corrected chi connectivity index (χ1v) is 14.6. The number of aromatic hydroxyl groups is 2. The monoisotopic (exact) mass is 599 g/mol. The van der Waals surface area contributed by atoms with Crippen LogP contribution in [0.1, 0.15) is 88.2 Å². The predicted molar refractivity (Wildman–Crippen MR) is 153 cm³/mol. The number of alkyl halides is 5. The number of guanidine groups is 1. The van der Waals surface area contributed by atoms with Crippen LogP contribution in [-0.4, -0.2) is 48.0 Å². The minimum absolute atomic E-state index is 0.0745. The Labute approximate surface area is 244 Å². The maximum Gasteiger partial charge on any atom is 0.453 e. The van der Waals surface area contributed by atoms with Crippen molar-refractivity contribution in [2.24, 2.45) is 0 Å². The molecule has 2 aromatic carbocycles. The van der Waals surface area contributed by atoms with Crippen LogP contribution in [0.3, 0.4) is 0 Å². The summed E-state index contributed by atoms with van der Waals surface area (Å²) in [5, 5.41) is 32.8. The van der Waals surface area contributed by atoms with E-state index in [0.717, 1.165) is 68.2 Å². The first kappa shape index (κ1) is 33.3. The second-order valence-corrected chi connectivity index (χ2v) is 11.3. The fourth-order valence-electron chi connectivity index (χ4n) is 5.51. The van der Waals surface area contributed by atoms with Crippen LogP contribution in [0.15, 0.2) is 42.5 Å². The van der Waals surface area contributed by atoms with Gasteiger partial charge in [-0.2, -0.15) is 22.0 Å². The van der Waals surface area contributed by atoms with E-state index in [1.807, 2.05) is 18.2 Å². The Kier molecular flexibility index (Phi) is 11.7. The Morgan fingerprint density at radius 3 is 2.07 bits per heavy atom. The summed E-state index contributed by atoms with van der Waals surface area (Å²) in [6.45, 7) is 3.07. The fraction of sp³-hybridized carbons (Fsp3) is 0.581. The SMILES string of the molecule is CC1(c2ccc(O)cc2)COc2cc(O)ccc2C1CCCCCCCCCNC(=N)NCCCC(F)(F)C(F)(F)F. The number of hydrogen-bond acceptors (Lipinski definition) is 4. The zero-order chi connectivity index (χ0) is 30.8. The lowest BCUT2D eigenvalue weighted by Gasteiger charge is -2.43. The molecule has 2 aromatic rings. The molecule has 5 N–H and O–H groups in total. The molecule has 0 spiro atoms. The molecule has 0 saturated heterocycles. The van der Waals surface area contributed by atoms with Gasteiger partial charge in [0.05, 0.1) is 6.61 Å². The molecule has 0 fully saturated rings. The number of rotatable bonds is 15. The van der Waals surface area contributed by atoms with Crippen LogP contribution in [0.2, 0.25) is 0 Å². The van der Waals surface area contributed by atoms with Crippen LogP contribution >= 0.6 is 0 Å². The highest BCUT2D eigenvalue weighted by Crippen LogP contribution is 2.49. The van der Waals surface area contributed by atoms with Gasteiger partial charge >= 0.3 is 12.1 Å². The summed E-state index contributed by atoms with van der Waals surface area (Å²) in [4.78, 5) is 0. The van der Waals surface area contributed by atoms with E-state index in [1.165, 1.54) is 0 Å². The van der Waals surface area contributed by atoms with Crippen LogP contribution in [-0.2, 0) is 5.41 Å². The first-order chi connectivity index (χ1) is 19.8. The largest absolute Gasteiger partial charge is 0.508 e. The number of phenols is 2. The van der Waals surface area contributed by atoms with Crippen molar-refractivity contribution >= 4 is 5.96 Å². The third-order valence-electron chi connectivity index (χ3n) is 8.05. The quantitative estimate of drug-likeness (QED) is 0.0625. The topological polar surface area (TPSA) is 97.6 Å². The fourth-order valence-corrected chi connectivity index (χ4v) is 5.51. The van der Waals surface area contributed by atoms with Gasteiger partial charge < -0.3 is 25.6 Å². The van der Waals surface area contributed by atoms with Crippen molar-refractivity contribution in [1.29, 1.82) is 5.41 Å². The smallest absolute Gasteiger partial charge is 0.453 e. The first-order valence-electron chi connectivity index (χ1n) is 14.6. The van der Waals surface area contributed by atoms with E-state index >= 15 is 0 Å². The maximum absolute atomic E-state index is 12.9. The van der Waals surface area contributed by atoms with Crippen molar-refractivity contribution in [3.05, 3.63) is 53.6 Å². The van der Waals surface area contributed by atoms with Crippen LogP contribution in [0.5, 0.6) is 17.2 Å². The zero-order valence-electron chi connectivity index (χ0n) is 24.0. The van der Waals surface area contributed by atoms with Gasteiger partial charge in [-0.15, -0.1) is 0 Å². The van der Waals surface area contributed by atoms with Crippen molar-refractivity contribution in [3.8, 4) is 17.2 Å². The highest BCUT2D eigenvalue weighted by atomic mass is 19.4. The van der Waals surface area contributed by atoms with Gasteiger partial charge in [-0.25, -0.2) is 0 Å². The zero-order valence-corrected chi connectivity index (χ0v) is 24.0. The van der Waals surface area contributed by atoms with Gasteiger partial charge in [0.2, 0.25) is 0 Å². The average Bonchev–Trinajstić information content (AvgIpc) is 2.93. The molecule has 42 heavy (non-hydrogen) atoms. The summed E-state index contributed by atoms with van der Waals surface area (Å²) >= 11 is 0. The van der Waals surface area contributed by atoms with Gasteiger partial charge in [-0.1, -0.05) is 63.6 Å². The maximum atomic E-state index is 12.9. The number of fused-ring (bicyclic) bond motifs is 1.